The topological polar surface area (TPSA) is 102 Å². The van der Waals surface area contributed by atoms with Crippen molar-refractivity contribution in [3.8, 4) is 0 Å². The van der Waals surface area contributed by atoms with Gasteiger partial charge in [-0.05, 0) is 32.9 Å². The number of aliphatic carboxylic acids is 1. The Labute approximate surface area is 155 Å². The SMILES string of the molecule is Cc1ccc(C(=O)N(CC(=O)Nc2nc(CC(=O)[O-])cs2)C(C)C)cc1. The molecule has 0 aliphatic heterocycles. The van der Waals surface area contributed by atoms with Gasteiger partial charge >= 0.3 is 0 Å². The van der Waals surface area contributed by atoms with E-state index in [0.717, 1.165) is 16.9 Å². The summed E-state index contributed by atoms with van der Waals surface area (Å²) in [4.78, 5) is 41.0. The van der Waals surface area contributed by atoms with Crippen molar-refractivity contribution in [3.63, 3.8) is 0 Å². The number of nitrogens with one attached hydrogen (secondary N) is 1. The molecule has 0 spiro atoms. The molecule has 1 N–H and O–H groups in total. The number of thiazole rings is 1. The van der Waals surface area contributed by atoms with Crippen LogP contribution in [0.25, 0.3) is 0 Å². The summed E-state index contributed by atoms with van der Waals surface area (Å²) in [5.74, 6) is -1.86. The van der Waals surface area contributed by atoms with E-state index >= 15 is 0 Å². The number of anilines is 1. The summed E-state index contributed by atoms with van der Waals surface area (Å²) >= 11 is 1.12. The van der Waals surface area contributed by atoms with E-state index in [1.807, 2.05) is 32.9 Å². The molecule has 2 amide bonds. The molecule has 0 bridgehead atoms. The minimum Gasteiger partial charge on any atom is -0.550 e. The van der Waals surface area contributed by atoms with Gasteiger partial charge in [0.25, 0.3) is 5.91 Å². The van der Waals surface area contributed by atoms with Crippen LogP contribution in [0.1, 0.15) is 35.5 Å². The third kappa shape index (κ3) is 5.38. The van der Waals surface area contributed by atoms with Gasteiger partial charge in [0.05, 0.1) is 5.69 Å². The minimum absolute atomic E-state index is 0.125. The number of carboxylic acid groups (broad SMARTS) is 1. The maximum absolute atomic E-state index is 12.7. The molecule has 0 atom stereocenters. The zero-order valence-electron chi connectivity index (χ0n) is 14.8. The number of benzene rings is 1. The molecule has 0 aliphatic rings. The summed E-state index contributed by atoms with van der Waals surface area (Å²) < 4.78 is 0. The first-order chi connectivity index (χ1) is 12.3. The molecule has 8 heteroatoms. The molecule has 0 aliphatic carbocycles. The first-order valence-corrected chi connectivity index (χ1v) is 8.96. The molecule has 7 nitrogen and oxygen atoms in total. The molecule has 2 aromatic rings. The zero-order valence-corrected chi connectivity index (χ0v) is 15.6. The Balaban J connectivity index is 2.03. The highest BCUT2D eigenvalue weighted by Crippen LogP contribution is 2.16. The van der Waals surface area contributed by atoms with Crippen molar-refractivity contribution in [2.75, 3.05) is 11.9 Å². The Morgan fingerprint density at radius 1 is 1.23 bits per heavy atom. The summed E-state index contributed by atoms with van der Waals surface area (Å²) in [5, 5.41) is 15.0. The Bertz CT molecular complexity index is 799. The maximum atomic E-state index is 12.7. The van der Waals surface area contributed by atoms with Crippen LogP contribution >= 0.6 is 11.3 Å². The highest BCUT2D eigenvalue weighted by atomic mass is 32.1. The number of carbonyl (C=O) groups is 3. The molecule has 0 saturated carbocycles. The van der Waals surface area contributed by atoms with E-state index < -0.39 is 11.9 Å². The van der Waals surface area contributed by atoms with Crippen molar-refractivity contribution in [3.05, 3.63) is 46.5 Å². The van der Waals surface area contributed by atoms with E-state index in [9.17, 15) is 19.5 Å². The van der Waals surface area contributed by atoms with Gasteiger partial charge in [-0.3, -0.25) is 9.59 Å². The molecule has 2 rings (SSSR count). The Morgan fingerprint density at radius 3 is 2.46 bits per heavy atom. The first kappa shape index (κ1) is 19.6. The zero-order chi connectivity index (χ0) is 19.3. The third-order valence-electron chi connectivity index (χ3n) is 3.62. The lowest BCUT2D eigenvalue weighted by Crippen LogP contribution is -2.42. The maximum Gasteiger partial charge on any atom is 0.254 e. The number of rotatable bonds is 7. The molecular formula is C18H20N3O4S-. The van der Waals surface area contributed by atoms with Gasteiger partial charge in [0.2, 0.25) is 5.91 Å². The largest absolute Gasteiger partial charge is 0.550 e. The Kier molecular flexibility index (Phi) is 6.46. The number of carbonyl (C=O) groups excluding carboxylic acids is 3. The highest BCUT2D eigenvalue weighted by Gasteiger charge is 2.22. The number of nitrogens with zero attached hydrogens (tertiary/aromatic N) is 2. The second-order valence-electron chi connectivity index (χ2n) is 6.13. The van der Waals surface area contributed by atoms with Crippen molar-refractivity contribution in [2.45, 2.75) is 33.2 Å². The number of aromatic nitrogens is 1. The Morgan fingerprint density at radius 2 is 1.88 bits per heavy atom. The molecule has 1 aromatic heterocycles. The van der Waals surface area contributed by atoms with E-state index in [2.05, 4.69) is 10.3 Å². The second kappa shape index (κ2) is 8.57. The number of hydrogen-bond donors (Lipinski definition) is 1. The van der Waals surface area contributed by atoms with Crippen LogP contribution in [0.4, 0.5) is 5.13 Å². The molecule has 138 valence electrons. The minimum atomic E-state index is -1.23. The van der Waals surface area contributed by atoms with Crippen LogP contribution in [0.15, 0.2) is 29.6 Å². The van der Waals surface area contributed by atoms with Crippen LogP contribution in [-0.4, -0.2) is 40.3 Å². The van der Waals surface area contributed by atoms with Crippen molar-refractivity contribution in [1.29, 1.82) is 0 Å². The molecule has 0 unspecified atom stereocenters. The highest BCUT2D eigenvalue weighted by molar-refractivity contribution is 7.13. The van der Waals surface area contributed by atoms with Crippen LogP contribution in [0.2, 0.25) is 0 Å². The van der Waals surface area contributed by atoms with Gasteiger partial charge in [-0.1, -0.05) is 17.7 Å². The molecule has 0 radical (unpaired) electrons. The molecular weight excluding hydrogens is 354 g/mol. The average molecular weight is 374 g/mol. The number of amides is 2. The van der Waals surface area contributed by atoms with E-state index in [1.54, 1.807) is 17.5 Å². The Hall–Kier alpha value is -2.74. The summed E-state index contributed by atoms with van der Waals surface area (Å²) in [6.07, 6.45) is -0.309. The lowest BCUT2D eigenvalue weighted by atomic mass is 10.1. The van der Waals surface area contributed by atoms with Gasteiger partial charge in [0.1, 0.15) is 6.54 Å². The van der Waals surface area contributed by atoms with Gasteiger partial charge in [0, 0.05) is 29.4 Å². The van der Waals surface area contributed by atoms with Crippen molar-refractivity contribution >= 4 is 34.3 Å². The molecule has 0 fully saturated rings. The average Bonchev–Trinajstić information content (AvgIpc) is 2.98. The van der Waals surface area contributed by atoms with Gasteiger partial charge in [-0.2, -0.15) is 0 Å². The van der Waals surface area contributed by atoms with Gasteiger partial charge in [-0.25, -0.2) is 4.98 Å². The lowest BCUT2D eigenvalue weighted by molar-refractivity contribution is -0.304. The van der Waals surface area contributed by atoms with E-state index in [0.29, 0.717) is 11.3 Å². The standard InChI is InChI=1S/C18H21N3O4S/c1-11(2)21(17(25)13-6-4-12(3)5-7-13)9-15(22)20-18-19-14(10-26-18)8-16(23)24/h4-7,10-11H,8-9H2,1-3H3,(H,23,24)(H,19,20,22)/p-1. The quantitative estimate of drug-likeness (QED) is 0.785. The summed E-state index contributed by atoms with van der Waals surface area (Å²) in [6, 6.07) is 7.00. The predicted molar refractivity (Wildman–Crippen MR) is 96.8 cm³/mol. The lowest BCUT2D eigenvalue weighted by Gasteiger charge is -2.26. The van der Waals surface area contributed by atoms with Gasteiger partial charge in [-0.15, -0.1) is 11.3 Å². The van der Waals surface area contributed by atoms with Gasteiger partial charge < -0.3 is 20.1 Å². The molecule has 1 heterocycles. The smallest absolute Gasteiger partial charge is 0.254 e. The van der Waals surface area contributed by atoms with Crippen molar-refractivity contribution in [2.24, 2.45) is 0 Å². The van der Waals surface area contributed by atoms with E-state index in [4.69, 9.17) is 0 Å². The molecule has 1 aromatic carbocycles. The number of carboxylic acids is 1. The van der Waals surface area contributed by atoms with Gasteiger partial charge in [0.15, 0.2) is 5.13 Å². The van der Waals surface area contributed by atoms with Crippen molar-refractivity contribution in [1.82, 2.24) is 9.88 Å². The fraction of sp³-hybridized carbons (Fsp3) is 0.333. The van der Waals surface area contributed by atoms with Crippen LogP contribution in [0.3, 0.4) is 0 Å². The van der Waals surface area contributed by atoms with E-state index in [-0.39, 0.29) is 30.0 Å². The second-order valence-corrected chi connectivity index (χ2v) is 6.99. The van der Waals surface area contributed by atoms with E-state index in [1.165, 1.54) is 4.90 Å². The fourth-order valence-electron chi connectivity index (χ4n) is 2.26. The van der Waals surface area contributed by atoms with Crippen LogP contribution < -0.4 is 10.4 Å². The summed E-state index contributed by atoms with van der Waals surface area (Å²) in [7, 11) is 0. The summed E-state index contributed by atoms with van der Waals surface area (Å²) in [6.45, 7) is 5.48. The molecule has 26 heavy (non-hydrogen) atoms. The summed E-state index contributed by atoms with van der Waals surface area (Å²) in [5.41, 5.74) is 1.89. The monoisotopic (exact) mass is 374 g/mol. The number of aryl methyl sites for hydroxylation is 1. The predicted octanol–water partition coefficient (Wildman–Crippen LogP) is 1.23. The third-order valence-corrected chi connectivity index (χ3v) is 4.43. The van der Waals surface area contributed by atoms with Crippen LogP contribution in [0, 0.1) is 6.92 Å². The first-order valence-electron chi connectivity index (χ1n) is 8.08. The van der Waals surface area contributed by atoms with Crippen molar-refractivity contribution < 1.29 is 19.5 Å². The van der Waals surface area contributed by atoms with Crippen LogP contribution in [-0.2, 0) is 16.0 Å². The molecule has 0 saturated heterocycles. The van der Waals surface area contributed by atoms with Crippen LogP contribution in [0.5, 0.6) is 0 Å². The number of hydrogen-bond acceptors (Lipinski definition) is 6. The normalized spacial score (nSPS) is 10.6. The fourth-order valence-corrected chi connectivity index (χ4v) is 2.98.